The molecule has 1 rings (SSSR count). The highest BCUT2D eigenvalue weighted by atomic mass is 16.4. The van der Waals surface area contributed by atoms with Crippen LogP contribution < -0.4 is 11.5 Å². The molecule has 14 heavy (non-hydrogen) atoms. The third-order valence-electron chi connectivity index (χ3n) is 3.10. The van der Waals surface area contributed by atoms with Crippen LogP contribution in [0.25, 0.3) is 0 Å². The minimum absolute atomic E-state index is 0.0404. The van der Waals surface area contributed by atoms with Crippen LogP contribution in [0.15, 0.2) is 0 Å². The topological polar surface area (TPSA) is 89.3 Å². The van der Waals surface area contributed by atoms with Crippen LogP contribution in [-0.2, 0) is 4.79 Å². The van der Waals surface area contributed by atoms with E-state index in [2.05, 4.69) is 0 Å². The zero-order valence-corrected chi connectivity index (χ0v) is 8.48. The van der Waals surface area contributed by atoms with E-state index in [1.165, 1.54) is 19.3 Å². The number of nitrogens with two attached hydrogens (primary N) is 2. The van der Waals surface area contributed by atoms with Gasteiger partial charge in [-0.25, -0.2) is 0 Å². The lowest BCUT2D eigenvalue weighted by Gasteiger charge is -2.28. The van der Waals surface area contributed by atoms with Gasteiger partial charge in [-0.3, -0.25) is 4.79 Å². The van der Waals surface area contributed by atoms with E-state index >= 15 is 0 Å². The summed E-state index contributed by atoms with van der Waals surface area (Å²) in [5, 5.41) is 8.65. The van der Waals surface area contributed by atoms with Crippen molar-refractivity contribution in [3.8, 4) is 0 Å². The molecule has 4 nitrogen and oxygen atoms in total. The lowest BCUT2D eigenvalue weighted by Crippen LogP contribution is -2.41. The number of carboxylic acids is 1. The SMILES string of the molecule is NC(CC(N)C1CCCCC1)C(=O)O. The summed E-state index contributed by atoms with van der Waals surface area (Å²) in [4.78, 5) is 10.5. The molecule has 0 aliphatic heterocycles. The van der Waals surface area contributed by atoms with Gasteiger partial charge in [0, 0.05) is 6.04 Å². The van der Waals surface area contributed by atoms with Crippen molar-refractivity contribution in [2.45, 2.75) is 50.6 Å². The van der Waals surface area contributed by atoms with Gasteiger partial charge in [0.05, 0.1) is 0 Å². The van der Waals surface area contributed by atoms with E-state index in [4.69, 9.17) is 16.6 Å². The van der Waals surface area contributed by atoms with E-state index in [0.717, 1.165) is 12.8 Å². The smallest absolute Gasteiger partial charge is 0.320 e. The molecule has 0 radical (unpaired) electrons. The maximum absolute atomic E-state index is 10.5. The summed E-state index contributed by atoms with van der Waals surface area (Å²) in [5.74, 6) is -0.467. The number of rotatable bonds is 4. The Bertz CT molecular complexity index is 191. The Morgan fingerprint density at radius 3 is 2.36 bits per heavy atom. The van der Waals surface area contributed by atoms with Gasteiger partial charge in [-0.1, -0.05) is 19.3 Å². The minimum atomic E-state index is -0.948. The molecular formula is C10H20N2O2. The molecule has 4 heteroatoms. The van der Waals surface area contributed by atoms with Crippen LogP contribution in [0.4, 0.5) is 0 Å². The lowest BCUT2D eigenvalue weighted by atomic mass is 9.82. The Hall–Kier alpha value is -0.610. The highest BCUT2D eigenvalue weighted by molar-refractivity contribution is 5.73. The third-order valence-corrected chi connectivity index (χ3v) is 3.10. The van der Waals surface area contributed by atoms with Crippen LogP contribution >= 0.6 is 0 Å². The second-order valence-electron chi connectivity index (χ2n) is 4.24. The van der Waals surface area contributed by atoms with Crippen LogP contribution in [0.2, 0.25) is 0 Å². The lowest BCUT2D eigenvalue weighted by molar-refractivity contribution is -0.138. The number of hydrogen-bond acceptors (Lipinski definition) is 3. The number of carboxylic acid groups (broad SMARTS) is 1. The summed E-state index contributed by atoms with van der Waals surface area (Å²) >= 11 is 0. The fourth-order valence-corrected chi connectivity index (χ4v) is 2.15. The molecule has 0 aromatic heterocycles. The molecule has 5 N–H and O–H groups in total. The van der Waals surface area contributed by atoms with Crippen molar-refractivity contribution in [2.75, 3.05) is 0 Å². The van der Waals surface area contributed by atoms with E-state index in [9.17, 15) is 4.79 Å². The summed E-state index contributed by atoms with van der Waals surface area (Å²) in [5.41, 5.74) is 11.4. The molecule has 2 atom stereocenters. The van der Waals surface area contributed by atoms with Crippen molar-refractivity contribution in [3.05, 3.63) is 0 Å². The molecule has 1 saturated carbocycles. The zero-order valence-electron chi connectivity index (χ0n) is 8.48. The van der Waals surface area contributed by atoms with Gasteiger partial charge in [0.25, 0.3) is 0 Å². The predicted molar refractivity (Wildman–Crippen MR) is 54.8 cm³/mol. The van der Waals surface area contributed by atoms with Crippen molar-refractivity contribution in [2.24, 2.45) is 17.4 Å². The highest BCUT2D eigenvalue weighted by Gasteiger charge is 2.24. The van der Waals surface area contributed by atoms with E-state index in [1.54, 1.807) is 0 Å². The Morgan fingerprint density at radius 1 is 1.29 bits per heavy atom. The van der Waals surface area contributed by atoms with Crippen LogP contribution in [0.3, 0.4) is 0 Å². The Kier molecular flexibility index (Phi) is 4.35. The van der Waals surface area contributed by atoms with Gasteiger partial charge in [0.15, 0.2) is 0 Å². The molecule has 1 aliphatic rings. The fraction of sp³-hybridized carbons (Fsp3) is 0.900. The van der Waals surface area contributed by atoms with Gasteiger partial charge in [0.1, 0.15) is 6.04 Å². The van der Waals surface area contributed by atoms with Crippen molar-refractivity contribution >= 4 is 5.97 Å². The monoisotopic (exact) mass is 200 g/mol. The molecule has 0 aromatic carbocycles. The molecular weight excluding hydrogens is 180 g/mol. The van der Waals surface area contributed by atoms with Crippen molar-refractivity contribution in [1.29, 1.82) is 0 Å². The largest absolute Gasteiger partial charge is 0.480 e. The average molecular weight is 200 g/mol. The minimum Gasteiger partial charge on any atom is -0.480 e. The van der Waals surface area contributed by atoms with Gasteiger partial charge in [-0.2, -0.15) is 0 Å². The van der Waals surface area contributed by atoms with E-state index < -0.39 is 12.0 Å². The van der Waals surface area contributed by atoms with Gasteiger partial charge < -0.3 is 16.6 Å². The molecule has 0 amide bonds. The third kappa shape index (κ3) is 3.27. The molecule has 82 valence electrons. The van der Waals surface area contributed by atoms with Crippen molar-refractivity contribution < 1.29 is 9.90 Å². The standard InChI is InChI=1S/C10H20N2O2/c11-8(6-9(12)10(13)14)7-4-2-1-3-5-7/h7-9H,1-6,11-12H2,(H,13,14). The first kappa shape index (κ1) is 11.5. The number of carbonyl (C=O) groups is 1. The van der Waals surface area contributed by atoms with Crippen molar-refractivity contribution in [1.82, 2.24) is 0 Å². The summed E-state index contributed by atoms with van der Waals surface area (Å²) < 4.78 is 0. The number of aliphatic carboxylic acids is 1. The summed E-state index contributed by atoms with van der Waals surface area (Å²) in [6.45, 7) is 0. The predicted octanol–water partition coefficient (Wildman–Crippen LogP) is 0.696. The quantitative estimate of drug-likeness (QED) is 0.623. The second kappa shape index (κ2) is 5.32. The first-order valence-corrected chi connectivity index (χ1v) is 5.35. The van der Waals surface area contributed by atoms with E-state index in [0.29, 0.717) is 12.3 Å². The number of hydrogen-bond donors (Lipinski definition) is 3. The van der Waals surface area contributed by atoms with Crippen LogP contribution in [-0.4, -0.2) is 23.2 Å². The summed E-state index contributed by atoms with van der Waals surface area (Å²) in [7, 11) is 0. The van der Waals surface area contributed by atoms with Gasteiger partial charge >= 0.3 is 5.97 Å². The summed E-state index contributed by atoms with van der Waals surface area (Å²) in [6, 6.07) is -0.840. The summed E-state index contributed by atoms with van der Waals surface area (Å²) in [6.07, 6.45) is 6.40. The Morgan fingerprint density at radius 2 is 1.86 bits per heavy atom. The maximum Gasteiger partial charge on any atom is 0.320 e. The normalized spacial score (nSPS) is 23.0. The first-order valence-electron chi connectivity index (χ1n) is 5.35. The van der Waals surface area contributed by atoms with Crippen LogP contribution in [0, 0.1) is 5.92 Å². The van der Waals surface area contributed by atoms with Crippen LogP contribution in [0.1, 0.15) is 38.5 Å². The van der Waals surface area contributed by atoms with Crippen molar-refractivity contribution in [3.63, 3.8) is 0 Å². The molecule has 1 fully saturated rings. The maximum atomic E-state index is 10.5. The second-order valence-corrected chi connectivity index (χ2v) is 4.24. The molecule has 0 aromatic rings. The fourth-order valence-electron chi connectivity index (χ4n) is 2.15. The van der Waals surface area contributed by atoms with E-state index in [1.807, 2.05) is 0 Å². The zero-order chi connectivity index (χ0) is 10.6. The van der Waals surface area contributed by atoms with Crippen LogP contribution in [0.5, 0.6) is 0 Å². The Balaban J connectivity index is 2.32. The first-order chi connectivity index (χ1) is 6.61. The average Bonchev–Trinajstić information content (AvgIpc) is 2.19. The Labute approximate surface area is 84.7 Å². The molecule has 1 aliphatic carbocycles. The molecule has 0 spiro atoms. The van der Waals surface area contributed by atoms with Gasteiger partial charge in [-0.05, 0) is 25.2 Å². The highest BCUT2D eigenvalue weighted by Crippen LogP contribution is 2.26. The van der Waals surface area contributed by atoms with Gasteiger partial charge in [-0.15, -0.1) is 0 Å². The molecule has 0 bridgehead atoms. The van der Waals surface area contributed by atoms with Gasteiger partial charge in [0.2, 0.25) is 0 Å². The molecule has 0 heterocycles. The molecule has 2 unspecified atom stereocenters. The van der Waals surface area contributed by atoms with E-state index in [-0.39, 0.29) is 6.04 Å². The molecule has 0 saturated heterocycles.